The minimum absolute atomic E-state index is 0.257. The minimum atomic E-state index is -0.524. The second-order valence-corrected chi connectivity index (χ2v) is 6.41. The fourth-order valence-corrected chi connectivity index (χ4v) is 2.00. The average molecular weight is 243 g/mol. The van der Waals surface area contributed by atoms with Crippen LogP contribution >= 0.6 is 0 Å². The van der Waals surface area contributed by atoms with E-state index in [1.54, 1.807) is 0 Å². The summed E-state index contributed by atoms with van der Waals surface area (Å²) in [5.41, 5.74) is -0.780. The molecule has 0 saturated heterocycles. The molecule has 0 aromatic heterocycles. The lowest BCUT2D eigenvalue weighted by molar-refractivity contribution is -0.00242. The van der Waals surface area contributed by atoms with E-state index < -0.39 is 5.60 Å². The van der Waals surface area contributed by atoms with Crippen molar-refractivity contribution in [3.63, 3.8) is 0 Å². The highest BCUT2D eigenvalue weighted by Gasteiger charge is 2.29. The number of carbonyl (C=O) groups excluding carboxylic acids is 1. The van der Waals surface area contributed by atoms with Crippen molar-refractivity contribution in [2.45, 2.75) is 64.5 Å². The summed E-state index contributed by atoms with van der Waals surface area (Å²) in [7, 11) is 0. The van der Waals surface area contributed by atoms with E-state index in [9.17, 15) is 9.90 Å². The predicted molar refractivity (Wildman–Crippen MR) is 66.8 cm³/mol. The molecule has 4 nitrogen and oxygen atoms in total. The summed E-state index contributed by atoms with van der Waals surface area (Å²) >= 11 is 0. The first-order chi connectivity index (χ1) is 7.68. The number of alkyl carbamates (subject to hydrolysis) is 1. The van der Waals surface area contributed by atoms with Gasteiger partial charge < -0.3 is 15.2 Å². The molecule has 1 aliphatic rings. The van der Waals surface area contributed by atoms with E-state index in [4.69, 9.17) is 4.74 Å². The molecule has 0 spiro atoms. The van der Waals surface area contributed by atoms with E-state index in [0.717, 1.165) is 25.7 Å². The molecule has 0 bridgehead atoms. The van der Waals surface area contributed by atoms with Crippen molar-refractivity contribution in [1.29, 1.82) is 0 Å². The summed E-state index contributed by atoms with van der Waals surface area (Å²) in [5.74, 6) is 0.390. The van der Waals surface area contributed by atoms with Gasteiger partial charge in [0.1, 0.15) is 0 Å². The lowest BCUT2D eigenvalue weighted by atomic mass is 9.80. The van der Waals surface area contributed by atoms with Crippen LogP contribution in [0.4, 0.5) is 4.79 Å². The molecule has 1 fully saturated rings. The number of amides is 1. The maximum absolute atomic E-state index is 11.4. The molecule has 17 heavy (non-hydrogen) atoms. The average Bonchev–Trinajstić information content (AvgIpc) is 2.13. The molecule has 1 rings (SSSR count). The monoisotopic (exact) mass is 243 g/mol. The second kappa shape index (κ2) is 5.25. The van der Waals surface area contributed by atoms with Crippen molar-refractivity contribution < 1.29 is 14.6 Å². The molecule has 1 saturated carbocycles. The summed E-state index contributed by atoms with van der Waals surface area (Å²) in [6.07, 6.45) is 3.09. The number of nitrogens with one attached hydrogen (secondary N) is 1. The third-order valence-corrected chi connectivity index (χ3v) is 3.11. The Labute approximate surface area is 104 Å². The normalized spacial score (nSPS) is 29.8. The quantitative estimate of drug-likeness (QED) is 0.783. The van der Waals surface area contributed by atoms with Crippen LogP contribution in [0.5, 0.6) is 0 Å². The number of carbonyl (C=O) groups is 1. The van der Waals surface area contributed by atoms with Gasteiger partial charge >= 0.3 is 6.09 Å². The lowest BCUT2D eigenvalue weighted by Crippen LogP contribution is -2.41. The van der Waals surface area contributed by atoms with Gasteiger partial charge in [-0.25, -0.2) is 4.79 Å². The van der Waals surface area contributed by atoms with Crippen LogP contribution in [0.25, 0.3) is 0 Å². The van der Waals surface area contributed by atoms with Crippen molar-refractivity contribution >= 4 is 6.09 Å². The van der Waals surface area contributed by atoms with Gasteiger partial charge in [0.25, 0.3) is 0 Å². The molecule has 0 unspecified atom stereocenters. The van der Waals surface area contributed by atoms with Gasteiger partial charge in [-0.2, -0.15) is 0 Å². The zero-order valence-corrected chi connectivity index (χ0v) is 11.4. The highest BCUT2D eigenvalue weighted by molar-refractivity contribution is 5.68. The maximum Gasteiger partial charge on any atom is 0.407 e. The molecule has 1 amide bonds. The van der Waals surface area contributed by atoms with Gasteiger partial charge in [-0.15, -0.1) is 0 Å². The molecule has 1 aliphatic carbocycles. The van der Waals surface area contributed by atoms with Crippen LogP contribution in [0.2, 0.25) is 0 Å². The maximum atomic E-state index is 11.4. The number of aliphatic hydroxyl groups is 1. The summed E-state index contributed by atoms with van der Waals surface area (Å²) in [6.45, 7) is 8.10. The van der Waals surface area contributed by atoms with Crippen LogP contribution in [0.15, 0.2) is 0 Å². The van der Waals surface area contributed by atoms with E-state index in [1.807, 2.05) is 27.7 Å². The van der Waals surface area contributed by atoms with Gasteiger partial charge in [0, 0.05) is 5.54 Å². The Bertz CT molecular complexity index is 258. The van der Waals surface area contributed by atoms with Gasteiger partial charge in [-0.3, -0.25) is 0 Å². The highest BCUT2D eigenvalue weighted by atomic mass is 16.5. The number of rotatable bonds is 2. The van der Waals surface area contributed by atoms with Crippen molar-refractivity contribution in [3.8, 4) is 0 Å². The molecule has 0 aliphatic heterocycles. The van der Waals surface area contributed by atoms with Crippen LogP contribution in [0.3, 0.4) is 0 Å². The predicted octanol–water partition coefficient (Wildman–Crippen LogP) is 2.45. The zero-order valence-electron chi connectivity index (χ0n) is 11.4. The highest BCUT2D eigenvalue weighted by Crippen LogP contribution is 2.31. The smallest absolute Gasteiger partial charge is 0.407 e. The van der Waals surface area contributed by atoms with Crippen LogP contribution in [0, 0.1) is 5.92 Å². The molecule has 4 heteroatoms. The fraction of sp³-hybridized carbons (Fsp3) is 0.923. The van der Waals surface area contributed by atoms with Crippen molar-refractivity contribution in [2.24, 2.45) is 5.92 Å². The van der Waals surface area contributed by atoms with Crippen LogP contribution in [-0.2, 0) is 4.74 Å². The summed E-state index contributed by atoms with van der Waals surface area (Å²) in [6, 6.07) is 0. The first-order valence-electron chi connectivity index (χ1n) is 6.35. The Morgan fingerprint density at radius 2 is 1.94 bits per heavy atom. The Balaban J connectivity index is 2.22. The third kappa shape index (κ3) is 5.91. The molecule has 2 N–H and O–H groups in total. The van der Waals surface area contributed by atoms with Crippen molar-refractivity contribution in [2.75, 3.05) is 6.61 Å². The summed E-state index contributed by atoms with van der Waals surface area (Å²) < 4.78 is 5.19. The van der Waals surface area contributed by atoms with Crippen LogP contribution in [-0.4, -0.2) is 28.9 Å². The Kier molecular flexibility index (Phi) is 4.42. The largest absolute Gasteiger partial charge is 0.449 e. The Morgan fingerprint density at radius 3 is 2.41 bits per heavy atom. The van der Waals surface area contributed by atoms with Gasteiger partial charge in [0.2, 0.25) is 0 Å². The van der Waals surface area contributed by atoms with E-state index in [-0.39, 0.29) is 11.6 Å². The van der Waals surface area contributed by atoms with Gasteiger partial charge in [0.05, 0.1) is 12.2 Å². The fourth-order valence-electron chi connectivity index (χ4n) is 2.00. The lowest BCUT2D eigenvalue weighted by Gasteiger charge is -2.32. The molecule has 0 aromatic carbocycles. The van der Waals surface area contributed by atoms with E-state index >= 15 is 0 Å². The Morgan fingerprint density at radius 1 is 1.41 bits per heavy atom. The third-order valence-electron chi connectivity index (χ3n) is 3.11. The van der Waals surface area contributed by atoms with Gasteiger partial charge in [-0.05, 0) is 59.3 Å². The van der Waals surface area contributed by atoms with Crippen molar-refractivity contribution in [3.05, 3.63) is 0 Å². The number of hydrogen-bond donors (Lipinski definition) is 2. The zero-order chi connectivity index (χ0) is 13.1. The Hall–Kier alpha value is -0.770. The van der Waals surface area contributed by atoms with E-state index in [0.29, 0.717) is 12.5 Å². The topological polar surface area (TPSA) is 58.6 Å². The van der Waals surface area contributed by atoms with Crippen LogP contribution in [0.1, 0.15) is 53.4 Å². The van der Waals surface area contributed by atoms with Gasteiger partial charge in [0.15, 0.2) is 0 Å². The summed E-state index contributed by atoms with van der Waals surface area (Å²) in [5, 5.41) is 12.6. The first kappa shape index (κ1) is 14.3. The number of hydrogen-bond acceptors (Lipinski definition) is 3. The van der Waals surface area contributed by atoms with Crippen LogP contribution < -0.4 is 5.32 Å². The second-order valence-electron chi connectivity index (χ2n) is 6.41. The molecule has 0 radical (unpaired) electrons. The molecular weight excluding hydrogens is 218 g/mol. The minimum Gasteiger partial charge on any atom is -0.449 e. The molecule has 0 aromatic rings. The summed E-state index contributed by atoms with van der Waals surface area (Å²) in [4.78, 5) is 11.4. The van der Waals surface area contributed by atoms with Gasteiger partial charge in [-0.1, -0.05) is 0 Å². The molecule has 100 valence electrons. The number of ether oxygens (including phenoxy) is 1. The van der Waals surface area contributed by atoms with E-state index in [2.05, 4.69) is 5.32 Å². The van der Waals surface area contributed by atoms with E-state index in [1.165, 1.54) is 0 Å². The molecular formula is C13H25NO3. The first-order valence-corrected chi connectivity index (χ1v) is 6.35. The van der Waals surface area contributed by atoms with Crippen molar-refractivity contribution in [1.82, 2.24) is 5.32 Å². The molecule has 0 heterocycles. The standard InChI is InChI=1S/C13H25NO3/c1-12(2,3)14-11(15)17-9-10-5-7-13(4,16)8-6-10/h10,16H,5-9H2,1-4H3,(H,14,15). The molecule has 0 atom stereocenters. The SMILES string of the molecule is CC1(O)CCC(COC(=O)NC(C)(C)C)CC1.